The smallest absolute Gasteiger partial charge is 0.185 e. The molecular formula is C29H42NO3P. The van der Waals surface area contributed by atoms with Gasteiger partial charge in [0, 0.05) is 5.92 Å². The highest BCUT2D eigenvalue weighted by molar-refractivity contribution is 7.62. The zero-order chi connectivity index (χ0) is 24.5. The van der Waals surface area contributed by atoms with Gasteiger partial charge in [-0.25, -0.2) is 4.52 Å². The van der Waals surface area contributed by atoms with E-state index >= 15 is 4.89 Å². The lowest BCUT2D eigenvalue weighted by molar-refractivity contribution is -0.242. The first-order valence-electron chi connectivity index (χ1n) is 13.0. The molecule has 1 unspecified atom stereocenters. The molecule has 1 aliphatic carbocycles. The van der Waals surface area contributed by atoms with Gasteiger partial charge in [-0.3, -0.25) is 0 Å². The molecule has 0 bridgehead atoms. The molecule has 0 amide bonds. The van der Waals surface area contributed by atoms with Crippen molar-refractivity contribution in [3.8, 4) is 0 Å². The number of hydrogen-bond donors (Lipinski definition) is 1. The van der Waals surface area contributed by atoms with Crippen molar-refractivity contribution in [2.24, 2.45) is 17.8 Å². The molecule has 2 aliphatic rings. The predicted molar refractivity (Wildman–Crippen MR) is 139 cm³/mol. The molecule has 186 valence electrons. The number of aliphatic hydroxyl groups is 1. The van der Waals surface area contributed by atoms with E-state index in [1.807, 2.05) is 48.5 Å². The number of fused-ring (bicyclic) bond motifs is 1. The molecule has 1 aliphatic heterocycles. The minimum atomic E-state index is -3.49. The fourth-order valence-electron chi connectivity index (χ4n) is 6.22. The van der Waals surface area contributed by atoms with E-state index in [-0.39, 0.29) is 17.6 Å². The summed E-state index contributed by atoms with van der Waals surface area (Å²) >= 11 is 0. The average molecular weight is 484 g/mol. The monoisotopic (exact) mass is 483 g/mol. The molecule has 0 radical (unpaired) electrons. The standard InChI is InChI=1S/C29H42NO3P/c1-21(2)18-26(31)28(24-14-10-7-11-15-24)34(32)30(20-23-12-8-6-9-13-23)29(4,5)25-17-16-22(3)19-27(25)33-34/h6-15,21-22,25-28,31H,16-20H2,1-5H3/t22-,25-,26-,27-,28+,34?/m1/s1. The third kappa shape index (κ3) is 5.13. The summed E-state index contributed by atoms with van der Waals surface area (Å²) in [6.07, 6.45) is 2.97. The Kier molecular flexibility index (Phi) is 7.86. The van der Waals surface area contributed by atoms with Crippen LogP contribution >= 0.6 is 7.87 Å². The van der Waals surface area contributed by atoms with Gasteiger partial charge in [0.25, 0.3) is 0 Å². The van der Waals surface area contributed by atoms with Gasteiger partial charge in [-0.15, -0.1) is 4.67 Å². The minimum Gasteiger partial charge on any atom is -0.640 e. The SMILES string of the molecule is CC(C)C[C@@H](O)[C@H](c1ccccc1)[P+]1([O-])O[C@@H]2C[C@H](C)CC[C@H]2C(C)(C)N1Cc1ccccc1. The molecule has 4 rings (SSSR count). The second kappa shape index (κ2) is 10.4. The van der Waals surface area contributed by atoms with E-state index in [0.29, 0.717) is 24.8 Å². The quantitative estimate of drug-likeness (QED) is 0.465. The molecule has 1 saturated carbocycles. The van der Waals surface area contributed by atoms with E-state index in [1.54, 1.807) is 0 Å². The molecule has 1 saturated heterocycles. The van der Waals surface area contributed by atoms with Crippen molar-refractivity contribution < 1.29 is 14.5 Å². The molecule has 4 nitrogen and oxygen atoms in total. The highest BCUT2D eigenvalue weighted by Crippen LogP contribution is 2.75. The van der Waals surface area contributed by atoms with Gasteiger partial charge >= 0.3 is 0 Å². The van der Waals surface area contributed by atoms with Crippen LogP contribution in [0.5, 0.6) is 0 Å². The molecule has 0 spiro atoms. The molecule has 2 aromatic carbocycles. The van der Waals surface area contributed by atoms with Crippen LogP contribution in [0.3, 0.4) is 0 Å². The summed E-state index contributed by atoms with van der Waals surface area (Å²) in [6, 6.07) is 20.2. The van der Waals surface area contributed by atoms with Crippen molar-refractivity contribution in [3.63, 3.8) is 0 Å². The summed E-state index contributed by atoms with van der Waals surface area (Å²) in [5.74, 6) is 1.16. The van der Waals surface area contributed by atoms with Gasteiger partial charge in [0.2, 0.25) is 0 Å². The van der Waals surface area contributed by atoms with Crippen molar-refractivity contribution in [1.29, 1.82) is 0 Å². The number of aliphatic hydroxyl groups excluding tert-OH is 1. The normalized spacial score (nSPS) is 31.1. The van der Waals surface area contributed by atoms with E-state index in [2.05, 4.69) is 51.4 Å². The van der Waals surface area contributed by atoms with Crippen LogP contribution < -0.4 is 4.89 Å². The lowest BCUT2D eigenvalue weighted by Crippen LogP contribution is -2.62. The van der Waals surface area contributed by atoms with E-state index in [4.69, 9.17) is 4.52 Å². The van der Waals surface area contributed by atoms with Crippen LogP contribution in [0.1, 0.15) is 77.1 Å². The van der Waals surface area contributed by atoms with Crippen LogP contribution in [0.25, 0.3) is 0 Å². The van der Waals surface area contributed by atoms with E-state index in [0.717, 1.165) is 24.0 Å². The Morgan fingerprint density at radius 3 is 2.29 bits per heavy atom. The molecule has 2 fully saturated rings. The second-order valence-corrected chi connectivity index (χ2v) is 13.9. The predicted octanol–water partition coefficient (Wildman–Crippen LogP) is 6.37. The van der Waals surface area contributed by atoms with Gasteiger partial charge < -0.3 is 10.00 Å². The molecule has 1 N–H and O–H groups in total. The third-order valence-electron chi connectivity index (χ3n) is 7.99. The molecule has 5 heteroatoms. The molecule has 6 atom stereocenters. The fraction of sp³-hybridized carbons (Fsp3) is 0.586. The Balaban J connectivity index is 1.83. The van der Waals surface area contributed by atoms with Crippen molar-refractivity contribution in [3.05, 3.63) is 71.8 Å². The largest absolute Gasteiger partial charge is 0.640 e. The number of hydrogen-bond acceptors (Lipinski definition) is 4. The maximum Gasteiger partial charge on any atom is 0.185 e. The molecule has 1 heterocycles. The molecule has 2 aromatic rings. The average Bonchev–Trinajstić information content (AvgIpc) is 2.77. The molecular weight excluding hydrogens is 441 g/mol. The highest BCUT2D eigenvalue weighted by atomic mass is 31.2. The Labute approximate surface area is 206 Å². The maximum absolute atomic E-state index is 15.4. The first kappa shape index (κ1) is 25.8. The number of rotatable bonds is 7. The third-order valence-corrected chi connectivity index (χ3v) is 11.2. The Morgan fingerprint density at radius 2 is 1.68 bits per heavy atom. The lowest BCUT2D eigenvalue weighted by atomic mass is 9.71. The van der Waals surface area contributed by atoms with Gasteiger partial charge in [-0.2, -0.15) is 0 Å². The van der Waals surface area contributed by atoms with Crippen LogP contribution in [0, 0.1) is 17.8 Å². The van der Waals surface area contributed by atoms with Crippen molar-refractivity contribution >= 4 is 7.87 Å². The van der Waals surface area contributed by atoms with Gasteiger partial charge in [0.05, 0.1) is 18.2 Å². The van der Waals surface area contributed by atoms with Gasteiger partial charge in [-0.05, 0) is 56.1 Å². The Bertz CT molecular complexity index is 921. The van der Waals surface area contributed by atoms with Crippen molar-refractivity contribution in [2.75, 3.05) is 0 Å². The maximum atomic E-state index is 15.4. The summed E-state index contributed by atoms with van der Waals surface area (Å²) in [5.41, 5.74) is 1.11. The Morgan fingerprint density at radius 1 is 1.06 bits per heavy atom. The van der Waals surface area contributed by atoms with Crippen LogP contribution in [0.2, 0.25) is 0 Å². The topological polar surface area (TPSA) is 55.8 Å². The van der Waals surface area contributed by atoms with Gasteiger partial charge in [-0.1, -0.05) is 87.9 Å². The van der Waals surface area contributed by atoms with Crippen molar-refractivity contribution in [2.45, 2.75) is 90.3 Å². The lowest BCUT2D eigenvalue weighted by Gasteiger charge is -2.60. The fourth-order valence-corrected chi connectivity index (χ4v) is 9.72. The summed E-state index contributed by atoms with van der Waals surface area (Å²) in [4.78, 5) is 15.4. The van der Waals surface area contributed by atoms with Crippen LogP contribution in [-0.4, -0.2) is 27.5 Å². The van der Waals surface area contributed by atoms with Crippen molar-refractivity contribution in [1.82, 2.24) is 4.67 Å². The summed E-state index contributed by atoms with van der Waals surface area (Å²) < 4.78 is 8.96. The van der Waals surface area contributed by atoms with E-state index in [9.17, 15) is 5.11 Å². The Hall–Kier alpha value is -1.29. The highest BCUT2D eigenvalue weighted by Gasteiger charge is 2.63. The first-order chi connectivity index (χ1) is 16.1. The second-order valence-electron chi connectivity index (χ2n) is 11.5. The molecule has 34 heavy (non-hydrogen) atoms. The summed E-state index contributed by atoms with van der Waals surface area (Å²) in [6.45, 7) is 11.5. The van der Waals surface area contributed by atoms with Gasteiger partial charge in [0.1, 0.15) is 6.10 Å². The van der Waals surface area contributed by atoms with E-state index in [1.165, 1.54) is 6.42 Å². The van der Waals surface area contributed by atoms with Crippen LogP contribution in [0.4, 0.5) is 0 Å². The number of benzene rings is 2. The number of nitrogens with zero attached hydrogens (tertiary/aromatic N) is 1. The van der Waals surface area contributed by atoms with E-state index < -0.39 is 19.6 Å². The molecule has 0 aromatic heterocycles. The first-order valence-corrected chi connectivity index (χ1v) is 14.6. The summed E-state index contributed by atoms with van der Waals surface area (Å²) in [7, 11) is -3.49. The zero-order valence-electron chi connectivity index (χ0n) is 21.4. The van der Waals surface area contributed by atoms with Crippen LogP contribution in [-0.2, 0) is 11.1 Å². The van der Waals surface area contributed by atoms with Gasteiger partial charge in [0.15, 0.2) is 13.5 Å². The minimum absolute atomic E-state index is 0.0472. The summed E-state index contributed by atoms with van der Waals surface area (Å²) in [5, 5.41) is 11.6. The zero-order valence-corrected chi connectivity index (χ0v) is 22.3. The van der Waals surface area contributed by atoms with Crippen LogP contribution in [0.15, 0.2) is 60.7 Å².